The Kier molecular flexibility index (Phi) is 6.46. The molecule has 1 atom stereocenters. The van der Waals surface area contributed by atoms with Crippen molar-refractivity contribution in [2.45, 2.75) is 45.6 Å². The van der Waals surface area contributed by atoms with Gasteiger partial charge in [0.15, 0.2) is 0 Å². The van der Waals surface area contributed by atoms with Crippen LogP contribution in [0.15, 0.2) is 35.7 Å². The summed E-state index contributed by atoms with van der Waals surface area (Å²) >= 11 is 1.39. The fraction of sp³-hybridized carbons (Fsp3) is 0.381. The largest absolute Gasteiger partial charge is 0.326 e. The number of carbonyl (C=O) groups is 3. The molecule has 0 aliphatic carbocycles. The lowest BCUT2D eigenvalue weighted by Gasteiger charge is -2.34. The predicted octanol–water partition coefficient (Wildman–Crippen LogP) is 4.04. The Labute approximate surface area is 168 Å². The van der Waals surface area contributed by atoms with E-state index in [1.165, 1.54) is 11.3 Å². The minimum absolute atomic E-state index is 0.0772. The second kappa shape index (κ2) is 9.01. The maximum atomic E-state index is 13.0. The first-order valence-corrected chi connectivity index (χ1v) is 10.4. The molecule has 148 valence electrons. The molecule has 0 spiro atoms. The third-order valence-corrected chi connectivity index (χ3v) is 5.84. The van der Waals surface area contributed by atoms with Crippen molar-refractivity contribution < 1.29 is 14.4 Å². The van der Waals surface area contributed by atoms with Gasteiger partial charge in [-0.3, -0.25) is 14.4 Å². The number of anilines is 2. The van der Waals surface area contributed by atoms with Crippen LogP contribution in [0.3, 0.4) is 0 Å². The zero-order chi connectivity index (χ0) is 20.1. The molecule has 28 heavy (non-hydrogen) atoms. The topological polar surface area (TPSA) is 78.5 Å². The maximum absolute atomic E-state index is 13.0. The molecule has 7 heteroatoms. The molecule has 2 N–H and O–H groups in total. The van der Waals surface area contributed by atoms with Crippen LogP contribution in [0.5, 0.6) is 0 Å². The number of likely N-dealkylation sites (tertiary alicyclic amines) is 1. The van der Waals surface area contributed by atoms with Gasteiger partial charge in [-0.1, -0.05) is 19.1 Å². The lowest BCUT2D eigenvalue weighted by Crippen LogP contribution is -2.49. The standard InChI is InChI=1S/C21H25N3O3S/c1-3-19(25)22-15-8-6-9-16(14(15)2)23-20(26)17-10-4-5-12-24(17)21(27)18-11-7-13-28-18/h6-9,11,13,17H,3-5,10,12H2,1-2H3,(H,22,25)(H,23,26). The summed E-state index contributed by atoms with van der Waals surface area (Å²) in [7, 11) is 0. The minimum Gasteiger partial charge on any atom is -0.326 e. The van der Waals surface area contributed by atoms with Crippen LogP contribution in [0.4, 0.5) is 11.4 Å². The normalized spacial score (nSPS) is 16.5. The molecular weight excluding hydrogens is 374 g/mol. The second-order valence-electron chi connectivity index (χ2n) is 6.86. The third-order valence-electron chi connectivity index (χ3n) is 4.99. The van der Waals surface area contributed by atoms with Gasteiger partial charge in [-0.05, 0) is 55.3 Å². The van der Waals surface area contributed by atoms with Crippen molar-refractivity contribution in [2.24, 2.45) is 0 Å². The highest BCUT2D eigenvalue weighted by molar-refractivity contribution is 7.12. The van der Waals surface area contributed by atoms with Crippen molar-refractivity contribution in [2.75, 3.05) is 17.2 Å². The van der Waals surface area contributed by atoms with E-state index in [0.717, 1.165) is 18.4 Å². The maximum Gasteiger partial charge on any atom is 0.264 e. The Morgan fingerprint density at radius 3 is 2.54 bits per heavy atom. The van der Waals surface area contributed by atoms with Crippen LogP contribution < -0.4 is 10.6 Å². The van der Waals surface area contributed by atoms with Crippen LogP contribution in [0, 0.1) is 6.92 Å². The first kappa shape index (κ1) is 20.1. The van der Waals surface area contributed by atoms with Gasteiger partial charge >= 0.3 is 0 Å². The molecule has 0 radical (unpaired) electrons. The predicted molar refractivity (Wildman–Crippen MR) is 112 cm³/mol. The number of nitrogens with zero attached hydrogens (tertiary/aromatic N) is 1. The summed E-state index contributed by atoms with van der Waals surface area (Å²) in [5, 5.41) is 7.67. The SMILES string of the molecule is CCC(=O)Nc1cccc(NC(=O)C2CCCCN2C(=O)c2cccs2)c1C. The Morgan fingerprint density at radius 2 is 1.86 bits per heavy atom. The summed E-state index contributed by atoms with van der Waals surface area (Å²) in [6.45, 7) is 4.23. The van der Waals surface area contributed by atoms with Crippen LogP contribution in [0.2, 0.25) is 0 Å². The van der Waals surface area contributed by atoms with Crippen molar-refractivity contribution >= 4 is 40.4 Å². The van der Waals surface area contributed by atoms with E-state index < -0.39 is 6.04 Å². The van der Waals surface area contributed by atoms with Gasteiger partial charge < -0.3 is 15.5 Å². The van der Waals surface area contributed by atoms with Crippen LogP contribution in [-0.2, 0) is 9.59 Å². The van der Waals surface area contributed by atoms with E-state index in [4.69, 9.17) is 0 Å². The molecule has 0 bridgehead atoms. The molecule has 1 fully saturated rings. The van der Waals surface area contributed by atoms with Crippen molar-refractivity contribution in [3.63, 3.8) is 0 Å². The number of nitrogens with one attached hydrogen (secondary N) is 2. The van der Waals surface area contributed by atoms with Gasteiger partial charge in [0.2, 0.25) is 11.8 Å². The summed E-state index contributed by atoms with van der Waals surface area (Å²) in [6, 6.07) is 8.56. The van der Waals surface area contributed by atoms with Crippen molar-refractivity contribution in [1.29, 1.82) is 0 Å². The van der Waals surface area contributed by atoms with Gasteiger partial charge in [0.25, 0.3) is 5.91 Å². The van der Waals surface area contributed by atoms with E-state index >= 15 is 0 Å². The van der Waals surface area contributed by atoms with Gasteiger partial charge in [-0.15, -0.1) is 11.3 Å². The zero-order valence-electron chi connectivity index (χ0n) is 16.2. The molecule has 3 rings (SSSR count). The number of piperidine rings is 1. The zero-order valence-corrected chi connectivity index (χ0v) is 17.0. The monoisotopic (exact) mass is 399 g/mol. The smallest absolute Gasteiger partial charge is 0.264 e. The van der Waals surface area contributed by atoms with E-state index in [2.05, 4.69) is 10.6 Å². The van der Waals surface area contributed by atoms with Crippen LogP contribution in [0.1, 0.15) is 47.8 Å². The highest BCUT2D eigenvalue weighted by atomic mass is 32.1. The highest BCUT2D eigenvalue weighted by Gasteiger charge is 2.33. The van der Waals surface area contributed by atoms with Crippen LogP contribution in [-0.4, -0.2) is 35.2 Å². The molecule has 2 aromatic rings. The number of hydrogen-bond donors (Lipinski definition) is 2. The van der Waals surface area contributed by atoms with E-state index in [9.17, 15) is 14.4 Å². The molecule has 1 aromatic carbocycles. The number of carbonyl (C=O) groups excluding carboxylic acids is 3. The first-order chi connectivity index (χ1) is 13.5. The quantitative estimate of drug-likeness (QED) is 0.796. The molecule has 0 saturated carbocycles. The summed E-state index contributed by atoms with van der Waals surface area (Å²) in [6.07, 6.45) is 2.85. The molecule has 2 heterocycles. The van der Waals surface area contributed by atoms with Gasteiger partial charge in [0.1, 0.15) is 6.04 Å². The summed E-state index contributed by atoms with van der Waals surface area (Å²) in [5.74, 6) is -0.353. The van der Waals surface area contributed by atoms with E-state index in [1.54, 1.807) is 24.0 Å². The third kappa shape index (κ3) is 4.42. The first-order valence-electron chi connectivity index (χ1n) is 9.56. The Balaban J connectivity index is 1.76. The molecular formula is C21H25N3O3S. The van der Waals surface area contributed by atoms with E-state index in [0.29, 0.717) is 35.6 Å². The van der Waals surface area contributed by atoms with Gasteiger partial charge in [0.05, 0.1) is 4.88 Å². The Bertz CT molecular complexity index is 864. The molecule has 1 aromatic heterocycles. The number of rotatable bonds is 5. The van der Waals surface area contributed by atoms with Crippen molar-refractivity contribution in [3.8, 4) is 0 Å². The second-order valence-corrected chi connectivity index (χ2v) is 7.80. The fourth-order valence-electron chi connectivity index (χ4n) is 3.35. The summed E-state index contributed by atoms with van der Waals surface area (Å²) in [5.41, 5.74) is 2.12. The number of benzene rings is 1. The summed E-state index contributed by atoms with van der Waals surface area (Å²) in [4.78, 5) is 39.9. The van der Waals surface area contributed by atoms with Crippen LogP contribution in [0.25, 0.3) is 0 Å². The molecule has 3 amide bonds. The van der Waals surface area contributed by atoms with Crippen molar-refractivity contribution in [3.05, 3.63) is 46.2 Å². The number of hydrogen-bond acceptors (Lipinski definition) is 4. The molecule has 1 unspecified atom stereocenters. The minimum atomic E-state index is -0.489. The average Bonchev–Trinajstić information content (AvgIpc) is 3.25. The number of thiophene rings is 1. The van der Waals surface area contributed by atoms with Gasteiger partial charge in [-0.25, -0.2) is 0 Å². The Hall–Kier alpha value is -2.67. The van der Waals surface area contributed by atoms with Gasteiger partial charge in [-0.2, -0.15) is 0 Å². The average molecular weight is 400 g/mol. The number of amides is 3. The molecule has 1 aliphatic rings. The molecule has 1 aliphatic heterocycles. The molecule has 6 nitrogen and oxygen atoms in total. The summed E-state index contributed by atoms with van der Waals surface area (Å²) < 4.78 is 0. The van der Waals surface area contributed by atoms with Gasteiger partial charge in [0, 0.05) is 24.3 Å². The fourth-order valence-corrected chi connectivity index (χ4v) is 4.03. The molecule has 1 saturated heterocycles. The Morgan fingerprint density at radius 1 is 1.11 bits per heavy atom. The highest BCUT2D eigenvalue weighted by Crippen LogP contribution is 2.26. The van der Waals surface area contributed by atoms with E-state index in [1.807, 2.05) is 30.5 Å². The lowest BCUT2D eigenvalue weighted by molar-refractivity contribution is -0.121. The van der Waals surface area contributed by atoms with E-state index in [-0.39, 0.29) is 17.7 Å². The van der Waals surface area contributed by atoms with Crippen LogP contribution >= 0.6 is 11.3 Å². The van der Waals surface area contributed by atoms with Crippen molar-refractivity contribution in [1.82, 2.24) is 4.90 Å². The lowest BCUT2D eigenvalue weighted by atomic mass is 10.0.